The molecule has 0 N–H and O–H groups in total. The van der Waals surface area contributed by atoms with Crippen molar-refractivity contribution < 1.29 is 4.39 Å². The van der Waals surface area contributed by atoms with E-state index in [-0.39, 0.29) is 5.82 Å². The molecule has 1 aromatic heterocycles. The molecule has 0 unspecified atom stereocenters. The molecule has 4 heteroatoms. The highest BCUT2D eigenvalue weighted by atomic mass is 19.1. The highest BCUT2D eigenvalue weighted by Crippen LogP contribution is 2.13. The fourth-order valence-corrected chi connectivity index (χ4v) is 1.27. The van der Waals surface area contributed by atoms with Crippen molar-refractivity contribution in [2.75, 3.05) is 0 Å². The lowest BCUT2D eigenvalue weighted by Gasteiger charge is -2.03. The number of aromatic nitrogens is 3. The first-order valence-electron chi connectivity index (χ1n) is 4.31. The lowest BCUT2D eigenvalue weighted by molar-refractivity contribution is 0.615. The van der Waals surface area contributed by atoms with E-state index in [4.69, 9.17) is 0 Å². The SMILES string of the molecule is Cc1ccc(-n2ncnc2C)cc1F. The third-order valence-corrected chi connectivity index (χ3v) is 2.12. The van der Waals surface area contributed by atoms with Gasteiger partial charge in [0.05, 0.1) is 5.69 Å². The molecule has 2 aromatic rings. The number of aryl methyl sites for hydroxylation is 2. The minimum Gasteiger partial charge on any atom is -0.220 e. The molecular weight excluding hydrogens is 181 g/mol. The van der Waals surface area contributed by atoms with E-state index < -0.39 is 0 Å². The van der Waals surface area contributed by atoms with E-state index in [9.17, 15) is 4.39 Å². The van der Waals surface area contributed by atoms with Crippen LogP contribution in [0.5, 0.6) is 0 Å². The number of nitrogens with zero attached hydrogens (tertiary/aromatic N) is 3. The Morgan fingerprint density at radius 2 is 2.07 bits per heavy atom. The van der Waals surface area contributed by atoms with Crippen LogP contribution in [-0.4, -0.2) is 14.8 Å². The monoisotopic (exact) mass is 191 g/mol. The molecule has 0 aliphatic rings. The number of hydrogen-bond acceptors (Lipinski definition) is 2. The Labute approximate surface area is 81.2 Å². The van der Waals surface area contributed by atoms with Gasteiger partial charge in [-0.25, -0.2) is 14.1 Å². The smallest absolute Gasteiger partial charge is 0.138 e. The Bertz CT molecular complexity index is 462. The lowest BCUT2D eigenvalue weighted by atomic mass is 10.2. The Kier molecular flexibility index (Phi) is 2.04. The van der Waals surface area contributed by atoms with Gasteiger partial charge in [-0.3, -0.25) is 0 Å². The molecule has 72 valence electrons. The lowest BCUT2D eigenvalue weighted by Crippen LogP contribution is -2.00. The summed E-state index contributed by atoms with van der Waals surface area (Å²) in [6.45, 7) is 3.55. The van der Waals surface area contributed by atoms with E-state index in [0.29, 0.717) is 11.3 Å². The molecule has 0 radical (unpaired) electrons. The number of hydrogen-bond donors (Lipinski definition) is 0. The summed E-state index contributed by atoms with van der Waals surface area (Å²) < 4.78 is 14.8. The summed E-state index contributed by atoms with van der Waals surface area (Å²) in [6, 6.07) is 5.00. The summed E-state index contributed by atoms with van der Waals surface area (Å²) in [5.74, 6) is 0.519. The van der Waals surface area contributed by atoms with Crippen molar-refractivity contribution in [1.82, 2.24) is 14.8 Å². The van der Waals surface area contributed by atoms with Crippen LogP contribution in [0.15, 0.2) is 24.5 Å². The highest BCUT2D eigenvalue weighted by molar-refractivity contribution is 5.34. The van der Waals surface area contributed by atoms with Gasteiger partial charge in [0.1, 0.15) is 18.0 Å². The molecule has 0 saturated carbocycles. The minimum absolute atomic E-state index is 0.225. The minimum atomic E-state index is -0.225. The van der Waals surface area contributed by atoms with Crippen LogP contribution in [0, 0.1) is 19.7 Å². The van der Waals surface area contributed by atoms with E-state index in [2.05, 4.69) is 10.1 Å². The maximum Gasteiger partial charge on any atom is 0.138 e. The first-order chi connectivity index (χ1) is 6.68. The first kappa shape index (κ1) is 8.87. The number of halogens is 1. The van der Waals surface area contributed by atoms with E-state index in [1.807, 2.05) is 13.0 Å². The van der Waals surface area contributed by atoms with E-state index in [0.717, 1.165) is 5.82 Å². The van der Waals surface area contributed by atoms with Crippen LogP contribution < -0.4 is 0 Å². The topological polar surface area (TPSA) is 30.7 Å². The van der Waals surface area contributed by atoms with Gasteiger partial charge in [0.25, 0.3) is 0 Å². The number of benzene rings is 1. The molecule has 0 aliphatic heterocycles. The van der Waals surface area contributed by atoms with E-state index >= 15 is 0 Å². The zero-order valence-electron chi connectivity index (χ0n) is 8.03. The zero-order valence-corrected chi connectivity index (χ0v) is 8.03. The summed E-state index contributed by atoms with van der Waals surface area (Å²) in [5.41, 5.74) is 1.33. The molecule has 0 spiro atoms. The standard InChI is InChI=1S/C10H10FN3/c1-7-3-4-9(5-10(7)11)14-8(2)12-6-13-14/h3-6H,1-2H3. The molecule has 0 aliphatic carbocycles. The second-order valence-electron chi connectivity index (χ2n) is 3.15. The van der Waals surface area contributed by atoms with Gasteiger partial charge in [0, 0.05) is 0 Å². The Morgan fingerprint density at radius 1 is 1.29 bits per heavy atom. The van der Waals surface area contributed by atoms with E-state index in [1.165, 1.54) is 12.4 Å². The van der Waals surface area contributed by atoms with Crippen molar-refractivity contribution in [2.45, 2.75) is 13.8 Å². The maximum atomic E-state index is 13.2. The molecule has 1 heterocycles. The normalized spacial score (nSPS) is 10.5. The largest absolute Gasteiger partial charge is 0.220 e. The fraction of sp³-hybridized carbons (Fsp3) is 0.200. The first-order valence-corrected chi connectivity index (χ1v) is 4.31. The molecule has 0 amide bonds. The van der Waals surface area contributed by atoms with Crippen LogP contribution in [0.4, 0.5) is 4.39 Å². The molecule has 0 bridgehead atoms. The van der Waals surface area contributed by atoms with Crippen molar-refractivity contribution in [3.8, 4) is 5.69 Å². The van der Waals surface area contributed by atoms with Gasteiger partial charge in [-0.15, -0.1) is 0 Å². The van der Waals surface area contributed by atoms with E-state index in [1.54, 1.807) is 17.7 Å². The Hall–Kier alpha value is -1.71. The quantitative estimate of drug-likeness (QED) is 0.690. The van der Waals surface area contributed by atoms with Crippen LogP contribution in [0.25, 0.3) is 5.69 Å². The van der Waals surface area contributed by atoms with Crippen LogP contribution >= 0.6 is 0 Å². The Balaban J connectivity index is 2.53. The molecular formula is C10H10FN3. The predicted molar refractivity (Wildman–Crippen MR) is 50.8 cm³/mol. The third-order valence-electron chi connectivity index (χ3n) is 2.12. The average Bonchev–Trinajstić information content (AvgIpc) is 2.57. The van der Waals surface area contributed by atoms with Crippen molar-refractivity contribution >= 4 is 0 Å². The van der Waals surface area contributed by atoms with Gasteiger partial charge in [-0.05, 0) is 31.5 Å². The van der Waals surface area contributed by atoms with Crippen LogP contribution in [-0.2, 0) is 0 Å². The summed E-state index contributed by atoms with van der Waals surface area (Å²) in [6.07, 6.45) is 1.45. The van der Waals surface area contributed by atoms with Crippen molar-refractivity contribution in [1.29, 1.82) is 0 Å². The highest BCUT2D eigenvalue weighted by Gasteiger charge is 2.04. The second kappa shape index (κ2) is 3.21. The summed E-state index contributed by atoms with van der Waals surface area (Å²) in [5, 5.41) is 4.00. The molecule has 2 rings (SSSR count). The third kappa shape index (κ3) is 1.39. The van der Waals surface area contributed by atoms with Crippen molar-refractivity contribution in [2.24, 2.45) is 0 Å². The fourth-order valence-electron chi connectivity index (χ4n) is 1.27. The number of rotatable bonds is 1. The van der Waals surface area contributed by atoms with Gasteiger partial charge >= 0.3 is 0 Å². The van der Waals surface area contributed by atoms with Crippen LogP contribution in [0.2, 0.25) is 0 Å². The van der Waals surface area contributed by atoms with Gasteiger partial charge in [0.15, 0.2) is 0 Å². The molecule has 14 heavy (non-hydrogen) atoms. The predicted octanol–water partition coefficient (Wildman–Crippen LogP) is 2.02. The molecule has 0 atom stereocenters. The average molecular weight is 191 g/mol. The maximum absolute atomic E-state index is 13.2. The summed E-state index contributed by atoms with van der Waals surface area (Å²) >= 11 is 0. The van der Waals surface area contributed by atoms with Gasteiger partial charge in [0.2, 0.25) is 0 Å². The van der Waals surface area contributed by atoms with Gasteiger partial charge < -0.3 is 0 Å². The van der Waals surface area contributed by atoms with Crippen LogP contribution in [0.3, 0.4) is 0 Å². The van der Waals surface area contributed by atoms with Crippen molar-refractivity contribution in [3.05, 3.63) is 41.7 Å². The molecule has 1 aromatic carbocycles. The van der Waals surface area contributed by atoms with Crippen molar-refractivity contribution in [3.63, 3.8) is 0 Å². The summed E-state index contributed by atoms with van der Waals surface area (Å²) in [7, 11) is 0. The van der Waals surface area contributed by atoms with Gasteiger partial charge in [-0.2, -0.15) is 5.10 Å². The molecule has 0 fully saturated rings. The zero-order chi connectivity index (χ0) is 10.1. The molecule has 0 saturated heterocycles. The van der Waals surface area contributed by atoms with Gasteiger partial charge in [-0.1, -0.05) is 6.07 Å². The molecule has 3 nitrogen and oxygen atoms in total. The van der Waals surface area contributed by atoms with Crippen LogP contribution in [0.1, 0.15) is 11.4 Å². The second-order valence-corrected chi connectivity index (χ2v) is 3.15. The Morgan fingerprint density at radius 3 is 2.64 bits per heavy atom. The summed E-state index contributed by atoms with van der Waals surface area (Å²) in [4.78, 5) is 3.97.